The second kappa shape index (κ2) is 6.78. The van der Waals surface area contributed by atoms with Crippen molar-refractivity contribution in [3.8, 4) is 5.75 Å². The van der Waals surface area contributed by atoms with E-state index in [1.54, 1.807) is 52.3 Å². The van der Waals surface area contributed by atoms with E-state index < -0.39 is 0 Å². The predicted octanol–water partition coefficient (Wildman–Crippen LogP) is 1.75. The maximum Gasteiger partial charge on any atom is 0.243 e. The topological polar surface area (TPSA) is 58.6 Å². The van der Waals surface area contributed by atoms with Crippen molar-refractivity contribution >= 4 is 17.5 Å². The lowest BCUT2D eigenvalue weighted by atomic mass is 10.2. The van der Waals surface area contributed by atoms with E-state index >= 15 is 0 Å². The molecule has 19 heavy (non-hydrogen) atoms. The fourth-order valence-electron chi connectivity index (χ4n) is 1.61. The van der Waals surface area contributed by atoms with E-state index in [1.807, 2.05) is 0 Å². The number of likely N-dealkylation sites (N-methyl/N-ethyl adjacent to an activating group) is 1. The Morgan fingerprint density at radius 1 is 1.26 bits per heavy atom. The molecular formula is C14H20N2O3. The van der Waals surface area contributed by atoms with Crippen LogP contribution in [-0.2, 0) is 9.59 Å². The van der Waals surface area contributed by atoms with Crippen LogP contribution in [0.15, 0.2) is 24.3 Å². The normalized spacial score (nSPS) is 10.2. The third-order valence-electron chi connectivity index (χ3n) is 2.62. The smallest absolute Gasteiger partial charge is 0.243 e. The van der Waals surface area contributed by atoms with Crippen LogP contribution in [0.2, 0.25) is 0 Å². The van der Waals surface area contributed by atoms with Crippen molar-refractivity contribution in [1.82, 2.24) is 4.90 Å². The van der Waals surface area contributed by atoms with Gasteiger partial charge in [-0.2, -0.15) is 0 Å². The number of hydrogen-bond donors (Lipinski definition) is 1. The molecule has 0 radical (unpaired) electrons. The Hall–Kier alpha value is -2.04. The zero-order valence-corrected chi connectivity index (χ0v) is 11.8. The molecule has 0 aliphatic heterocycles. The van der Waals surface area contributed by atoms with Gasteiger partial charge in [0.05, 0.1) is 13.7 Å². The average Bonchev–Trinajstić information content (AvgIpc) is 2.38. The first kappa shape index (κ1) is 15.0. The zero-order valence-electron chi connectivity index (χ0n) is 11.8. The van der Waals surface area contributed by atoms with Crippen molar-refractivity contribution in [2.75, 3.05) is 26.0 Å². The number of carbonyl (C=O) groups excluding carboxylic acids is 2. The fourth-order valence-corrected chi connectivity index (χ4v) is 1.61. The Bertz CT molecular complexity index is 441. The number of benzene rings is 1. The van der Waals surface area contributed by atoms with E-state index in [0.29, 0.717) is 5.69 Å². The standard InChI is InChI=1S/C14H20N2O3/c1-10(2)14(18)16(3)9-13(17)15-11-5-7-12(19-4)8-6-11/h5-8,10H,9H2,1-4H3,(H,15,17). The Morgan fingerprint density at radius 2 is 1.84 bits per heavy atom. The molecule has 0 saturated carbocycles. The Labute approximate surface area is 113 Å². The molecule has 1 aromatic rings. The summed E-state index contributed by atoms with van der Waals surface area (Å²) in [5, 5.41) is 2.73. The van der Waals surface area contributed by atoms with Crippen molar-refractivity contribution < 1.29 is 14.3 Å². The molecule has 2 amide bonds. The number of nitrogens with one attached hydrogen (secondary N) is 1. The van der Waals surface area contributed by atoms with Gasteiger partial charge in [0.25, 0.3) is 0 Å². The highest BCUT2D eigenvalue weighted by Gasteiger charge is 2.15. The first-order valence-corrected chi connectivity index (χ1v) is 6.13. The summed E-state index contributed by atoms with van der Waals surface area (Å²) in [4.78, 5) is 24.8. The first-order valence-electron chi connectivity index (χ1n) is 6.13. The molecule has 0 fully saturated rings. The number of amides is 2. The SMILES string of the molecule is COc1ccc(NC(=O)CN(C)C(=O)C(C)C)cc1. The molecule has 104 valence electrons. The van der Waals surface area contributed by atoms with Crippen molar-refractivity contribution in [2.24, 2.45) is 5.92 Å². The van der Waals surface area contributed by atoms with Crippen LogP contribution in [-0.4, -0.2) is 37.4 Å². The molecule has 0 bridgehead atoms. The van der Waals surface area contributed by atoms with Crippen LogP contribution < -0.4 is 10.1 Å². The molecule has 1 rings (SSSR count). The Balaban J connectivity index is 2.52. The van der Waals surface area contributed by atoms with Gasteiger partial charge in [-0.1, -0.05) is 13.8 Å². The molecule has 5 nitrogen and oxygen atoms in total. The molecule has 1 aromatic carbocycles. The van der Waals surface area contributed by atoms with Crippen molar-refractivity contribution in [2.45, 2.75) is 13.8 Å². The van der Waals surface area contributed by atoms with Gasteiger partial charge in [-0.3, -0.25) is 9.59 Å². The van der Waals surface area contributed by atoms with E-state index in [0.717, 1.165) is 5.75 Å². The summed E-state index contributed by atoms with van der Waals surface area (Å²) in [6, 6.07) is 7.03. The summed E-state index contributed by atoms with van der Waals surface area (Å²) in [6.07, 6.45) is 0. The number of methoxy groups -OCH3 is 1. The van der Waals surface area contributed by atoms with E-state index in [2.05, 4.69) is 5.32 Å². The van der Waals surface area contributed by atoms with Crippen LogP contribution in [0, 0.1) is 5.92 Å². The van der Waals surface area contributed by atoms with Gasteiger partial charge in [0, 0.05) is 18.7 Å². The van der Waals surface area contributed by atoms with Crippen LogP contribution >= 0.6 is 0 Å². The van der Waals surface area contributed by atoms with Gasteiger partial charge in [0.1, 0.15) is 5.75 Å². The molecule has 0 heterocycles. The summed E-state index contributed by atoms with van der Waals surface area (Å²) in [6.45, 7) is 3.66. The Kier molecular flexibility index (Phi) is 5.36. The minimum Gasteiger partial charge on any atom is -0.497 e. The highest BCUT2D eigenvalue weighted by atomic mass is 16.5. The monoisotopic (exact) mass is 264 g/mol. The molecule has 0 aliphatic rings. The Morgan fingerprint density at radius 3 is 2.32 bits per heavy atom. The minimum absolute atomic E-state index is 0.0447. The van der Waals surface area contributed by atoms with Crippen LogP contribution in [0.3, 0.4) is 0 Å². The van der Waals surface area contributed by atoms with Gasteiger partial charge >= 0.3 is 0 Å². The van der Waals surface area contributed by atoms with Crippen LogP contribution in [0.25, 0.3) is 0 Å². The quantitative estimate of drug-likeness (QED) is 0.881. The van der Waals surface area contributed by atoms with E-state index in [1.165, 1.54) is 4.90 Å². The molecule has 1 N–H and O–H groups in total. The number of rotatable bonds is 5. The van der Waals surface area contributed by atoms with Gasteiger partial charge < -0.3 is 15.0 Å². The highest BCUT2D eigenvalue weighted by molar-refractivity contribution is 5.94. The van der Waals surface area contributed by atoms with E-state index in [-0.39, 0.29) is 24.3 Å². The molecule has 0 aromatic heterocycles. The van der Waals surface area contributed by atoms with Gasteiger partial charge in [-0.15, -0.1) is 0 Å². The number of ether oxygens (including phenoxy) is 1. The summed E-state index contributed by atoms with van der Waals surface area (Å²) in [5.41, 5.74) is 0.677. The van der Waals surface area contributed by atoms with Gasteiger partial charge in [0.2, 0.25) is 11.8 Å². The molecular weight excluding hydrogens is 244 g/mol. The maximum absolute atomic E-state index is 11.8. The van der Waals surface area contributed by atoms with E-state index in [9.17, 15) is 9.59 Å². The second-order valence-electron chi connectivity index (χ2n) is 4.63. The highest BCUT2D eigenvalue weighted by Crippen LogP contribution is 2.14. The number of anilines is 1. The average molecular weight is 264 g/mol. The molecule has 0 aliphatic carbocycles. The number of hydrogen-bond acceptors (Lipinski definition) is 3. The fraction of sp³-hybridized carbons (Fsp3) is 0.429. The lowest BCUT2D eigenvalue weighted by molar-refractivity contribution is -0.136. The summed E-state index contributed by atoms with van der Waals surface area (Å²) >= 11 is 0. The zero-order chi connectivity index (χ0) is 14.4. The molecule has 0 atom stereocenters. The lowest BCUT2D eigenvalue weighted by Gasteiger charge is -2.18. The summed E-state index contributed by atoms with van der Waals surface area (Å²) in [7, 11) is 3.20. The summed E-state index contributed by atoms with van der Waals surface area (Å²) < 4.78 is 5.03. The third kappa shape index (κ3) is 4.62. The minimum atomic E-state index is -0.221. The summed E-state index contributed by atoms with van der Waals surface area (Å²) in [5.74, 6) is 0.343. The molecule has 0 unspecified atom stereocenters. The maximum atomic E-state index is 11.8. The molecule has 0 saturated heterocycles. The predicted molar refractivity (Wildman–Crippen MR) is 74.1 cm³/mol. The third-order valence-corrected chi connectivity index (χ3v) is 2.62. The van der Waals surface area contributed by atoms with Gasteiger partial charge in [0.15, 0.2) is 0 Å². The van der Waals surface area contributed by atoms with Gasteiger partial charge in [-0.05, 0) is 24.3 Å². The van der Waals surface area contributed by atoms with E-state index in [4.69, 9.17) is 4.74 Å². The van der Waals surface area contributed by atoms with Crippen LogP contribution in [0.4, 0.5) is 5.69 Å². The first-order chi connectivity index (χ1) is 8.93. The second-order valence-corrected chi connectivity index (χ2v) is 4.63. The largest absolute Gasteiger partial charge is 0.497 e. The number of nitrogens with zero attached hydrogens (tertiary/aromatic N) is 1. The van der Waals surface area contributed by atoms with Gasteiger partial charge in [-0.25, -0.2) is 0 Å². The van der Waals surface area contributed by atoms with Crippen molar-refractivity contribution in [3.63, 3.8) is 0 Å². The molecule has 0 spiro atoms. The lowest BCUT2D eigenvalue weighted by Crippen LogP contribution is -2.37. The van der Waals surface area contributed by atoms with Crippen molar-refractivity contribution in [3.05, 3.63) is 24.3 Å². The number of carbonyl (C=O) groups is 2. The van der Waals surface area contributed by atoms with Crippen LogP contribution in [0.5, 0.6) is 5.75 Å². The molecule has 5 heteroatoms. The van der Waals surface area contributed by atoms with Crippen LogP contribution in [0.1, 0.15) is 13.8 Å². The van der Waals surface area contributed by atoms with Crippen molar-refractivity contribution in [1.29, 1.82) is 0 Å².